The van der Waals surface area contributed by atoms with Crippen molar-refractivity contribution in [1.82, 2.24) is 30.7 Å². The Morgan fingerprint density at radius 3 is 2.02 bits per heavy atom. The number of aliphatic carboxylic acids is 2. The molecule has 0 saturated carbocycles. The van der Waals surface area contributed by atoms with Crippen molar-refractivity contribution >= 4 is 46.5 Å². The third-order valence-corrected chi connectivity index (χ3v) is 10.4. The van der Waals surface area contributed by atoms with E-state index in [4.69, 9.17) is 5.73 Å². The molecule has 1 heterocycles. The Kier molecular flexibility index (Phi) is 17.3. The number of para-hydroxylation sites is 1. The maximum Gasteiger partial charge on any atom is 0.326 e. The minimum atomic E-state index is -1.44. The number of amides is 4. The van der Waals surface area contributed by atoms with Crippen LogP contribution in [0.4, 0.5) is 0 Å². The maximum absolute atomic E-state index is 14.3. The van der Waals surface area contributed by atoms with Gasteiger partial charge in [0.25, 0.3) is 0 Å². The number of carboxylic acid groups (broad SMARTS) is 2. The predicted octanol–water partition coefficient (Wildman–Crippen LogP) is 3.05. The number of fused-ring (bicyclic) bond motifs is 1. The first-order valence-corrected chi connectivity index (χ1v) is 19.2. The summed E-state index contributed by atoms with van der Waals surface area (Å²) in [6.45, 7) is 15.2. The number of hydrogen-bond donors (Lipinski definition) is 7. The minimum Gasteiger partial charge on any atom is -0.480 e. The van der Waals surface area contributed by atoms with Crippen molar-refractivity contribution in [3.05, 3.63) is 47.7 Å². The van der Waals surface area contributed by atoms with Crippen LogP contribution in [0.3, 0.4) is 0 Å². The van der Waals surface area contributed by atoms with Gasteiger partial charge in [0, 0.05) is 48.6 Å². The largest absolute Gasteiger partial charge is 0.480 e. The molecule has 0 bridgehead atoms. The van der Waals surface area contributed by atoms with E-state index >= 15 is 0 Å². The number of aryl methyl sites for hydroxylation is 1. The van der Waals surface area contributed by atoms with Gasteiger partial charge in [0.05, 0.1) is 12.1 Å². The van der Waals surface area contributed by atoms with E-state index in [1.54, 1.807) is 20.2 Å². The fourth-order valence-electron chi connectivity index (χ4n) is 6.96. The quantitative estimate of drug-likeness (QED) is 0.0724. The summed E-state index contributed by atoms with van der Waals surface area (Å²) in [4.78, 5) is 79.5. The number of likely N-dealkylation sites (N-methyl/N-ethyl adjacent to an activating group) is 2. The highest BCUT2D eigenvalue weighted by atomic mass is 16.4. The lowest BCUT2D eigenvalue weighted by Crippen LogP contribution is -2.61. The summed E-state index contributed by atoms with van der Waals surface area (Å²) in [6, 6.07) is 3.13. The summed E-state index contributed by atoms with van der Waals surface area (Å²) in [5, 5.41) is 31.4. The molecule has 0 aliphatic rings. The van der Waals surface area contributed by atoms with Gasteiger partial charge < -0.3 is 46.7 Å². The molecule has 0 spiro atoms. The Balaban J connectivity index is 2.26. The van der Waals surface area contributed by atoms with E-state index in [1.165, 1.54) is 11.8 Å². The molecular weight excluding hydrogens is 718 g/mol. The fraction of sp³-hybridized carbons (Fsp3) is 0.610. The first kappa shape index (κ1) is 47.4. The first-order chi connectivity index (χ1) is 26.0. The molecule has 4 amide bonds. The van der Waals surface area contributed by atoms with Gasteiger partial charge in [-0.3, -0.25) is 19.2 Å². The second kappa shape index (κ2) is 20.4. The summed E-state index contributed by atoms with van der Waals surface area (Å²) < 4.78 is 2.03. The highest BCUT2D eigenvalue weighted by Crippen LogP contribution is 2.35. The second-order valence-corrected chi connectivity index (χ2v) is 16.6. The van der Waals surface area contributed by atoms with Crippen molar-refractivity contribution in [2.45, 2.75) is 123 Å². The van der Waals surface area contributed by atoms with Crippen LogP contribution in [0.1, 0.15) is 93.1 Å². The Hall–Kier alpha value is -4.76. The van der Waals surface area contributed by atoms with Crippen LogP contribution >= 0.6 is 0 Å². The molecule has 0 fully saturated rings. The Morgan fingerprint density at radius 1 is 0.893 bits per heavy atom. The summed E-state index contributed by atoms with van der Waals surface area (Å²) >= 11 is 0. The van der Waals surface area contributed by atoms with Gasteiger partial charge in [-0.05, 0) is 69.2 Å². The average molecular weight is 784 g/mol. The first-order valence-electron chi connectivity index (χ1n) is 19.2. The SMILES string of the molecule is CN[C@H](C(=O)N[C@H](C(=O)N(C)[C@H](/C=C(\C)C(=O)N[C@H](CCC(=O)N[C@@H](CCCCN)C(=O)O)C(=O)O)C(C)C)C(C)(C)C)C(C)(C)c1cn(C)c2ccccc12. The number of carboxylic acids is 2. The van der Waals surface area contributed by atoms with E-state index in [2.05, 4.69) is 21.3 Å². The van der Waals surface area contributed by atoms with Crippen molar-refractivity contribution < 1.29 is 39.0 Å². The number of benzene rings is 1. The van der Waals surface area contributed by atoms with Crippen molar-refractivity contribution in [3.8, 4) is 0 Å². The number of nitrogens with two attached hydrogens (primary N) is 1. The Morgan fingerprint density at radius 2 is 1.48 bits per heavy atom. The lowest BCUT2D eigenvalue weighted by molar-refractivity contribution is -0.143. The molecule has 0 saturated heterocycles. The molecule has 2 rings (SSSR count). The monoisotopic (exact) mass is 783 g/mol. The lowest BCUT2D eigenvalue weighted by atomic mass is 9.76. The van der Waals surface area contributed by atoms with Gasteiger partial charge >= 0.3 is 11.9 Å². The van der Waals surface area contributed by atoms with E-state index in [1.807, 2.05) is 90.5 Å². The molecule has 0 unspecified atom stereocenters. The number of nitrogens with zero attached hydrogens (tertiary/aromatic N) is 2. The molecule has 5 atom stereocenters. The molecule has 15 nitrogen and oxygen atoms in total. The highest BCUT2D eigenvalue weighted by molar-refractivity contribution is 5.96. The van der Waals surface area contributed by atoms with Crippen LogP contribution in [0.2, 0.25) is 0 Å². The molecule has 0 aliphatic carbocycles. The van der Waals surface area contributed by atoms with Crippen molar-refractivity contribution in [1.29, 1.82) is 0 Å². The zero-order valence-corrected chi connectivity index (χ0v) is 35.0. The smallest absolute Gasteiger partial charge is 0.326 e. The summed E-state index contributed by atoms with van der Waals surface area (Å²) in [5.41, 5.74) is 6.23. The molecule has 0 radical (unpaired) electrons. The molecule has 15 heteroatoms. The van der Waals surface area contributed by atoms with Crippen molar-refractivity contribution in [3.63, 3.8) is 0 Å². The van der Waals surface area contributed by atoms with Crippen LogP contribution in [0.5, 0.6) is 0 Å². The number of hydrogen-bond acceptors (Lipinski definition) is 8. The topological polar surface area (TPSA) is 225 Å². The fourth-order valence-corrected chi connectivity index (χ4v) is 6.96. The van der Waals surface area contributed by atoms with Gasteiger partial charge in [0.15, 0.2) is 0 Å². The summed E-state index contributed by atoms with van der Waals surface area (Å²) in [6.07, 6.45) is 4.28. The number of unbranched alkanes of at least 4 members (excludes halogenated alkanes) is 1. The second-order valence-electron chi connectivity index (χ2n) is 16.6. The molecule has 8 N–H and O–H groups in total. The third-order valence-electron chi connectivity index (χ3n) is 10.4. The molecule has 2 aromatic rings. The Labute approximate surface area is 331 Å². The number of nitrogens with one attached hydrogen (secondary N) is 4. The van der Waals surface area contributed by atoms with E-state index in [9.17, 15) is 39.0 Å². The standard InChI is InChI=1S/C41H65N7O8/c1-24(2)31(22-25(3)35(50)45-29(39(55)56)19-20-32(49)44-28(38(53)54)17-14-15-21-42)48(11)37(52)34(40(4,5)6)46-36(51)33(43-9)41(7,8)27-23-47(10)30-18-13-12-16-26(27)30/h12-13,16,18,22-24,28-29,31,33-34,43H,14-15,17,19-21,42H2,1-11H3,(H,44,49)(H,45,50)(H,46,51)(H,53,54)(H,55,56)/b25-22+/t28-,29+,31+,33+,34+/m0/s1. The van der Waals surface area contributed by atoms with Gasteiger partial charge in [-0.2, -0.15) is 0 Å². The van der Waals surface area contributed by atoms with Gasteiger partial charge in [-0.25, -0.2) is 9.59 Å². The van der Waals surface area contributed by atoms with Gasteiger partial charge in [-0.15, -0.1) is 0 Å². The van der Waals surface area contributed by atoms with E-state index in [0.717, 1.165) is 16.5 Å². The number of carbonyl (C=O) groups is 6. The van der Waals surface area contributed by atoms with E-state index in [-0.39, 0.29) is 42.6 Å². The molecule has 56 heavy (non-hydrogen) atoms. The van der Waals surface area contributed by atoms with Gasteiger partial charge in [0.1, 0.15) is 18.1 Å². The van der Waals surface area contributed by atoms with Crippen LogP contribution in [0.15, 0.2) is 42.1 Å². The predicted molar refractivity (Wildman–Crippen MR) is 217 cm³/mol. The van der Waals surface area contributed by atoms with Crippen molar-refractivity contribution in [2.24, 2.45) is 24.1 Å². The number of carbonyl (C=O) groups excluding carboxylic acids is 4. The number of aromatic nitrogens is 1. The highest BCUT2D eigenvalue weighted by Gasteiger charge is 2.42. The van der Waals surface area contributed by atoms with Crippen molar-refractivity contribution in [2.75, 3.05) is 20.6 Å². The van der Waals surface area contributed by atoms with Crippen LogP contribution in [-0.4, -0.2) is 106 Å². The van der Waals surface area contributed by atoms with E-state index in [0.29, 0.717) is 19.4 Å². The molecule has 1 aromatic heterocycles. The molecule has 0 aliphatic heterocycles. The molecule has 1 aromatic carbocycles. The van der Waals surface area contributed by atoms with E-state index < -0.39 is 64.8 Å². The summed E-state index contributed by atoms with van der Waals surface area (Å²) in [5.74, 6) is -4.84. The number of rotatable bonds is 21. The van der Waals surface area contributed by atoms with Gasteiger partial charge in [-0.1, -0.05) is 72.7 Å². The zero-order valence-electron chi connectivity index (χ0n) is 35.0. The van der Waals surface area contributed by atoms with Crippen LogP contribution < -0.4 is 27.0 Å². The van der Waals surface area contributed by atoms with Crippen LogP contribution in [0.25, 0.3) is 10.9 Å². The maximum atomic E-state index is 14.3. The lowest BCUT2D eigenvalue weighted by Gasteiger charge is -2.39. The zero-order chi connectivity index (χ0) is 42.7. The normalized spacial score (nSPS) is 15.1. The average Bonchev–Trinajstić information content (AvgIpc) is 3.46. The molecular formula is C41H65N7O8. The molecule has 312 valence electrons. The Bertz CT molecular complexity index is 1740. The van der Waals surface area contributed by atoms with Crippen LogP contribution in [-0.2, 0) is 41.2 Å². The minimum absolute atomic E-state index is 0.147. The van der Waals surface area contributed by atoms with Gasteiger partial charge in [0.2, 0.25) is 23.6 Å². The summed E-state index contributed by atoms with van der Waals surface area (Å²) in [7, 11) is 5.29. The van der Waals surface area contributed by atoms with Crippen LogP contribution in [0, 0.1) is 11.3 Å². The third kappa shape index (κ3) is 12.4.